The molecule has 0 fully saturated rings. The highest BCUT2D eigenvalue weighted by atomic mass is 32.2. The normalized spacial score (nSPS) is 9.81. The molecule has 3 aromatic rings. The van der Waals surface area contributed by atoms with Gasteiger partial charge in [0.2, 0.25) is 0 Å². The number of hydrogen-bond donors (Lipinski definition) is 1. The van der Waals surface area contributed by atoms with Crippen LogP contribution in [-0.4, -0.2) is 0 Å². The molecule has 3 aromatic carbocycles. The van der Waals surface area contributed by atoms with Gasteiger partial charge < -0.3 is 6.15 Å². The fourth-order valence-corrected chi connectivity index (χ4v) is 3.48. The molecule has 0 heterocycles. The first-order chi connectivity index (χ1) is 12.2. The Kier molecular flexibility index (Phi) is 11.2. The lowest BCUT2D eigenvalue weighted by Gasteiger charge is -2.02. The molecule has 2 heteroatoms. The number of rotatable bonds is 6. The molecule has 0 atom stereocenters. The second-order valence-electron chi connectivity index (χ2n) is 6.55. The van der Waals surface area contributed by atoms with E-state index in [4.69, 9.17) is 0 Å². The van der Waals surface area contributed by atoms with Crippen LogP contribution in [0.1, 0.15) is 30.5 Å². The summed E-state index contributed by atoms with van der Waals surface area (Å²) in [6.45, 7) is 4.49. The quantitative estimate of drug-likeness (QED) is 0.502. The maximum absolute atomic E-state index is 2.24. The van der Waals surface area contributed by atoms with Gasteiger partial charge in [0, 0.05) is 11.5 Å². The lowest BCUT2D eigenvalue weighted by molar-refractivity contribution is 0.647. The van der Waals surface area contributed by atoms with E-state index in [0.717, 1.165) is 17.4 Å². The van der Waals surface area contributed by atoms with Crippen molar-refractivity contribution in [3.63, 3.8) is 0 Å². The van der Waals surface area contributed by atoms with Crippen LogP contribution in [0.5, 0.6) is 0 Å². The molecule has 0 aromatic heterocycles. The Balaban J connectivity index is 0.000000270. The molecule has 0 unspecified atom stereocenters. The summed E-state index contributed by atoms with van der Waals surface area (Å²) >= 11 is 1.96. The zero-order valence-electron chi connectivity index (χ0n) is 16.0. The lowest BCUT2D eigenvalue weighted by atomic mass is 10.0. The van der Waals surface area contributed by atoms with Crippen LogP contribution in [0.2, 0.25) is 0 Å². The Hall–Kier alpha value is -2.03. The Morgan fingerprint density at radius 1 is 0.577 bits per heavy atom. The molecule has 26 heavy (non-hydrogen) atoms. The monoisotopic (exact) mass is 365 g/mol. The van der Waals surface area contributed by atoms with Gasteiger partial charge >= 0.3 is 0 Å². The minimum Gasteiger partial charge on any atom is -0.344 e. The summed E-state index contributed by atoms with van der Waals surface area (Å²) in [7, 11) is 0. The van der Waals surface area contributed by atoms with Crippen LogP contribution >= 0.6 is 11.8 Å². The van der Waals surface area contributed by atoms with Crippen molar-refractivity contribution in [3.05, 3.63) is 108 Å². The molecule has 0 saturated carbocycles. The van der Waals surface area contributed by atoms with E-state index in [1.807, 2.05) is 11.8 Å². The molecule has 0 spiro atoms. The second-order valence-corrected chi connectivity index (χ2v) is 7.53. The lowest BCUT2D eigenvalue weighted by Crippen LogP contribution is -1.92. The smallest absolute Gasteiger partial charge is 0.0187 e. The van der Waals surface area contributed by atoms with Crippen molar-refractivity contribution in [1.82, 2.24) is 6.15 Å². The molecule has 0 radical (unpaired) electrons. The first-order valence-electron chi connectivity index (χ1n) is 8.93. The summed E-state index contributed by atoms with van der Waals surface area (Å²) < 4.78 is 0. The van der Waals surface area contributed by atoms with Gasteiger partial charge in [-0.2, -0.15) is 11.8 Å². The fourth-order valence-electron chi connectivity index (χ4n) is 2.52. The van der Waals surface area contributed by atoms with Gasteiger partial charge in [0.05, 0.1) is 0 Å². The van der Waals surface area contributed by atoms with E-state index in [2.05, 4.69) is 105 Å². The van der Waals surface area contributed by atoms with Crippen molar-refractivity contribution in [2.75, 3.05) is 0 Å². The molecule has 1 nitrogen and oxygen atoms in total. The predicted molar refractivity (Wildman–Crippen MR) is 118 cm³/mol. The van der Waals surface area contributed by atoms with E-state index in [0.29, 0.717) is 0 Å². The van der Waals surface area contributed by atoms with Crippen molar-refractivity contribution < 1.29 is 0 Å². The molecular formula is C24H31NS. The molecule has 138 valence electrons. The van der Waals surface area contributed by atoms with Gasteiger partial charge in [-0.1, -0.05) is 105 Å². The van der Waals surface area contributed by atoms with Crippen LogP contribution in [0, 0.1) is 5.92 Å². The first kappa shape index (κ1) is 22.0. The maximum atomic E-state index is 2.24. The van der Waals surface area contributed by atoms with Crippen LogP contribution < -0.4 is 6.15 Å². The van der Waals surface area contributed by atoms with Gasteiger partial charge in [0.1, 0.15) is 0 Å². The van der Waals surface area contributed by atoms with Crippen molar-refractivity contribution in [2.24, 2.45) is 5.92 Å². The maximum Gasteiger partial charge on any atom is 0.0187 e. The third kappa shape index (κ3) is 9.45. The van der Waals surface area contributed by atoms with Crippen LogP contribution in [-0.2, 0) is 17.9 Å². The first-order valence-corrected chi connectivity index (χ1v) is 10.1. The van der Waals surface area contributed by atoms with Crippen molar-refractivity contribution in [1.29, 1.82) is 0 Å². The highest BCUT2D eigenvalue weighted by Gasteiger charge is 1.94. The van der Waals surface area contributed by atoms with Gasteiger partial charge in [-0.3, -0.25) is 0 Å². The minimum atomic E-state index is 0. The summed E-state index contributed by atoms with van der Waals surface area (Å²) in [5.74, 6) is 2.95. The van der Waals surface area contributed by atoms with E-state index in [-0.39, 0.29) is 6.15 Å². The summed E-state index contributed by atoms with van der Waals surface area (Å²) in [4.78, 5) is 0. The van der Waals surface area contributed by atoms with Crippen LogP contribution in [0.25, 0.3) is 0 Å². The SMILES string of the molecule is CC(C)Cc1ccccc1.N.c1ccc(CSCc2ccccc2)cc1. The largest absolute Gasteiger partial charge is 0.344 e. The van der Waals surface area contributed by atoms with E-state index in [1.54, 1.807) is 0 Å². The predicted octanol–water partition coefficient (Wildman–Crippen LogP) is 7.17. The van der Waals surface area contributed by atoms with E-state index < -0.39 is 0 Å². The number of hydrogen-bond acceptors (Lipinski definition) is 2. The van der Waals surface area contributed by atoms with Gasteiger partial charge in [-0.25, -0.2) is 0 Å². The molecule has 0 aliphatic heterocycles. The van der Waals surface area contributed by atoms with Crippen LogP contribution in [0.4, 0.5) is 0 Å². The van der Waals surface area contributed by atoms with Gasteiger partial charge in [0.25, 0.3) is 0 Å². The zero-order valence-corrected chi connectivity index (χ0v) is 16.8. The Morgan fingerprint density at radius 3 is 1.27 bits per heavy atom. The summed E-state index contributed by atoms with van der Waals surface area (Å²) in [6.07, 6.45) is 1.20. The minimum absolute atomic E-state index is 0. The Morgan fingerprint density at radius 2 is 0.923 bits per heavy atom. The van der Waals surface area contributed by atoms with Crippen molar-refractivity contribution in [3.8, 4) is 0 Å². The molecule has 3 N–H and O–H groups in total. The molecule has 0 aliphatic rings. The molecule has 3 rings (SSSR count). The van der Waals surface area contributed by atoms with Gasteiger partial charge in [-0.15, -0.1) is 0 Å². The summed E-state index contributed by atoms with van der Waals surface area (Å²) in [6, 6.07) is 31.8. The average molecular weight is 366 g/mol. The van der Waals surface area contributed by atoms with Crippen molar-refractivity contribution >= 4 is 11.8 Å². The van der Waals surface area contributed by atoms with Crippen molar-refractivity contribution in [2.45, 2.75) is 31.8 Å². The summed E-state index contributed by atoms with van der Waals surface area (Å²) in [5.41, 5.74) is 4.24. The standard InChI is InChI=1S/C14H14S.C10H14.H3N/c1-3-7-13(8-4-1)11-15-12-14-9-5-2-6-10-14;1-9(2)8-10-6-4-3-5-7-10;/h1-10H,11-12H2;3-7,9H,8H2,1-2H3;1H3. The number of thioether (sulfide) groups is 1. The van der Waals surface area contributed by atoms with Crippen LogP contribution in [0.3, 0.4) is 0 Å². The third-order valence-electron chi connectivity index (χ3n) is 3.71. The molecule has 0 bridgehead atoms. The van der Waals surface area contributed by atoms with Crippen LogP contribution in [0.15, 0.2) is 91.0 Å². The van der Waals surface area contributed by atoms with Gasteiger partial charge in [0.15, 0.2) is 0 Å². The molecule has 0 amide bonds. The highest BCUT2D eigenvalue weighted by Crippen LogP contribution is 2.17. The molecule has 0 saturated heterocycles. The summed E-state index contributed by atoms with van der Waals surface area (Å²) in [5, 5.41) is 0. The van der Waals surface area contributed by atoms with E-state index in [9.17, 15) is 0 Å². The van der Waals surface area contributed by atoms with E-state index >= 15 is 0 Å². The third-order valence-corrected chi connectivity index (χ3v) is 4.78. The Labute approximate surface area is 163 Å². The van der Waals surface area contributed by atoms with E-state index in [1.165, 1.54) is 23.1 Å². The topological polar surface area (TPSA) is 35.0 Å². The number of benzene rings is 3. The zero-order chi connectivity index (χ0) is 17.7. The molecular weight excluding hydrogens is 334 g/mol. The highest BCUT2D eigenvalue weighted by molar-refractivity contribution is 7.97. The Bertz CT molecular complexity index is 642. The second kappa shape index (κ2) is 13.2. The fraction of sp³-hybridized carbons (Fsp3) is 0.250. The van der Waals surface area contributed by atoms with Gasteiger partial charge in [-0.05, 0) is 29.0 Å². The molecule has 0 aliphatic carbocycles. The average Bonchev–Trinajstić information content (AvgIpc) is 2.64.